The van der Waals surface area contributed by atoms with Gasteiger partial charge in [0, 0.05) is 4.88 Å². The monoisotopic (exact) mass is 253 g/mol. The molecule has 8 heteroatoms. The Kier molecular flexibility index (Phi) is 2.88. The van der Waals surface area contributed by atoms with Crippen molar-refractivity contribution in [3.05, 3.63) is 44.3 Å². The molecule has 0 aliphatic heterocycles. The van der Waals surface area contributed by atoms with Gasteiger partial charge in [-0.25, -0.2) is 4.79 Å². The van der Waals surface area contributed by atoms with Gasteiger partial charge in [0.25, 0.3) is 0 Å². The lowest BCUT2D eigenvalue weighted by Gasteiger charge is -1.92. The van der Waals surface area contributed by atoms with Crippen molar-refractivity contribution in [2.75, 3.05) is 0 Å². The van der Waals surface area contributed by atoms with Crippen LogP contribution in [0.15, 0.2) is 24.4 Å². The minimum absolute atomic E-state index is 0.222. The zero-order valence-electron chi connectivity index (χ0n) is 8.44. The summed E-state index contributed by atoms with van der Waals surface area (Å²) in [6.07, 6.45) is 1.48. The number of hydrogen-bond donors (Lipinski definition) is 1. The molecule has 2 aromatic rings. The summed E-state index contributed by atoms with van der Waals surface area (Å²) in [5.74, 6) is -1.20. The van der Waals surface area contributed by atoms with Crippen molar-refractivity contribution in [1.29, 1.82) is 0 Å². The highest BCUT2D eigenvalue weighted by Crippen LogP contribution is 2.18. The van der Waals surface area contributed by atoms with Crippen molar-refractivity contribution in [2.24, 2.45) is 0 Å². The Morgan fingerprint density at radius 3 is 2.82 bits per heavy atom. The Morgan fingerprint density at radius 1 is 1.53 bits per heavy atom. The highest BCUT2D eigenvalue weighted by Gasteiger charge is 2.12. The molecule has 0 aliphatic carbocycles. The van der Waals surface area contributed by atoms with Gasteiger partial charge in [-0.2, -0.15) is 4.68 Å². The van der Waals surface area contributed by atoms with Gasteiger partial charge in [0.1, 0.15) is 4.88 Å². The van der Waals surface area contributed by atoms with E-state index < -0.39 is 10.9 Å². The van der Waals surface area contributed by atoms with E-state index in [4.69, 9.17) is 5.11 Å². The van der Waals surface area contributed by atoms with Crippen molar-refractivity contribution in [3.8, 4) is 0 Å². The fourth-order valence-corrected chi connectivity index (χ4v) is 2.11. The van der Waals surface area contributed by atoms with Gasteiger partial charge < -0.3 is 15.2 Å². The maximum atomic E-state index is 10.7. The lowest BCUT2D eigenvalue weighted by Crippen LogP contribution is -1.99. The van der Waals surface area contributed by atoms with E-state index in [2.05, 4.69) is 5.10 Å². The Morgan fingerprint density at radius 2 is 2.29 bits per heavy atom. The molecule has 2 heterocycles. The molecule has 0 radical (unpaired) electrons. The third kappa shape index (κ3) is 2.48. The average Bonchev–Trinajstić information content (AvgIpc) is 2.87. The minimum atomic E-state index is -0.979. The van der Waals surface area contributed by atoms with Crippen molar-refractivity contribution in [2.45, 2.75) is 6.54 Å². The van der Waals surface area contributed by atoms with E-state index in [1.165, 1.54) is 23.0 Å². The second-order valence-electron chi connectivity index (χ2n) is 3.20. The second-order valence-corrected chi connectivity index (χ2v) is 4.37. The molecule has 0 aromatic carbocycles. The molecule has 0 saturated heterocycles. The van der Waals surface area contributed by atoms with Crippen LogP contribution in [-0.2, 0) is 6.54 Å². The first-order valence-corrected chi connectivity index (χ1v) is 5.38. The lowest BCUT2D eigenvalue weighted by atomic mass is 10.4. The van der Waals surface area contributed by atoms with Crippen LogP contribution in [0.4, 0.5) is 5.82 Å². The number of nitro groups is 1. The summed E-state index contributed by atoms with van der Waals surface area (Å²) in [4.78, 5) is 21.5. The largest absolute Gasteiger partial charge is 0.477 e. The number of aromatic nitrogens is 2. The molecule has 0 atom stereocenters. The molecule has 1 N–H and O–H groups in total. The Hall–Kier alpha value is -2.22. The van der Waals surface area contributed by atoms with E-state index in [1.54, 1.807) is 6.07 Å². The van der Waals surface area contributed by atoms with Gasteiger partial charge in [0.15, 0.2) is 0 Å². The number of rotatable bonds is 4. The molecular weight excluding hydrogens is 246 g/mol. The fraction of sp³-hybridized carbons (Fsp3) is 0.111. The Bertz CT molecular complexity index is 524. The summed E-state index contributed by atoms with van der Waals surface area (Å²) in [6, 6.07) is 4.47. The van der Waals surface area contributed by atoms with Crippen LogP contribution < -0.4 is 0 Å². The third-order valence-corrected chi connectivity index (χ3v) is 3.06. The van der Waals surface area contributed by atoms with Gasteiger partial charge in [-0.1, -0.05) is 0 Å². The quantitative estimate of drug-likeness (QED) is 0.659. The van der Waals surface area contributed by atoms with Crippen LogP contribution in [-0.4, -0.2) is 25.8 Å². The summed E-state index contributed by atoms with van der Waals surface area (Å²) < 4.78 is 1.40. The number of aromatic carboxylic acids is 1. The molecule has 0 spiro atoms. The number of carboxylic acid groups (broad SMARTS) is 1. The number of hydrogen-bond acceptors (Lipinski definition) is 5. The predicted octanol–water partition coefficient (Wildman–Crippen LogP) is 1.60. The van der Waals surface area contributed by atoms with Crippen LogP contribution >= 0.6 is 11.3 Å². The molecular formula is C9H7N3O4S. The lowest BCUT2D eigenvalue weighted by molar-refractivity contribution is -0.389. The van der Waals surface area contributed by atoms with E-state index in [-0.39, 0.29) is 10.7 Å². The summed E-state index contributed by atoms with van der Waals surface area (Å²) >= 11 is 1.12. The molecule has 0 amide bonds. The zero-order valence-corrected chi connectivity index (χ0v) is 9.25. The van der Waals surface area contributed by atoms with Gasteiger partial charge in [-0.3, -0.25) is 0 Å². The van der Waals surface area contributed by atoms with Crippen LogP contribution in [0.3, 0.4) is 0 Å². The normalized spacial score (nSPS) is 10.4. The minimum Gasteiger partial charge on any atom is -0.477 e. The molecule has 0 saturated carbocycles. The first-order valence-electron chi connectivity index (χ1n) is 4.56. The highest BCUT2D eigenvalue weighted by molar-refractivity contribution is 7.13. The molecule has 0 unspecified atom stereocenters. The summed E-state index contributed by atoms with van der Waals surface area (Å²) in [6.45, 7) is 0.325. The second kappa shape index (κ2) is 4.34. The summed E-state index contributed by atoms with van der Waals surface area (Å²) in [7, 11) is 0. The van der Waals surface area contributed by atoms with E-state index in [9.17, 15) is 14.9 Å². The predicted molar refractivity (Wildman–Crippen MR) is 59.3 cm³/mol. The number of carboxylic acids is 1. The SMILES string of the molecule is O=C(O)c1ccc(Cn2ccc([N+](=O)[O-])n2)s1. The molecule has 88 valence electrons. The average molecular weight is 253 g/mol. The molecule has 2 rings (SSSR count). The van der Waals surface area contributed by atoms with Gasteiger partial charge in [0.2, 0.25) is 0 Å². The smallest absolute Gasteiger partial charge is 0.389 e. The van der Waals surface area contributed by atoms with Gasteiger partial charge in [-0.15, -0.1) is 11.3 Å². The van der Waals surface area contributed by atoms with Crippen LogP contribution in [0.1, 0.15) is 14.5 Å². The molecule has 0 bridgehead atoms. The molecule has 2 aromatic heterocycles. The maximum Gasteiger partial charge on any atom is 0.389 e. The topological polar surface area (TPSA) is 98.3 Å². The first kappa shape index (κ1) is 11.3. The third-order valence-electron chi connectivity index (χ3n) is 2.00. The van der Waals surface area contributed by atoms with Gasteiger partial charge in [-0.05, 0) is 17.1 Å². The van der Waals surface area contributed by atoms with Gasteiger partial charge >= 0.3 is 11.8 Å². The Labute approximate surface area is 99.1 Å². The number of carbonyl (C=O) groups is 1. The standard InChI is InChI=1S/C9H7N3O4S/c13-9(14)7-2-1-6(17-7)5-11-4-3-8(10-11)12(15)16/h1-4H,5H2,(H,13,14). The van der Waals surface area contributed by atoms with Crippen LogP contribution in [0.5, 0.6) is 0 Å². The van der Waals surface area contributed by atoms with E-state index in [0.29, 0.717) is 6.54 Å². The van der Waals surface area contributed by atoms with Crippen molar-refractivity contribution < 1.29 is 14.8 Å². The molecule has 0 fully saturated rings. The maximum absolute atomic E-state index is 10.7. The van der Waals surface area contributed by atoms with Crippen LogP contribution in [0.2, 0.25) is 0 Å². The summed E-state index contributed by atoms with van der Waals surface area (Å²) in [5.41, 5.74) is 0. The number of thiophene rings is 1. The zero-order chi connectivity index (χ0) is 12.4. The number of nitrogens with zero attached hydrogens (tertiary/aromatic N) is 3. The highest BCUT2D eigenvalue weighted by atomic mass is 32.1. The molecule has 17 heavy (non-hydrogen) atoms. The van der Waals surface area contributed by atoms with Crippen LogP contribution in [0.25, 0.3) is 0 Å². The van der Waals surface area contributed by atoms with Crippen LogP contribution in [0, 0.1) is 10.1 Å². The van der Waals surface area contributed by atoms with Crippen molar-refractivity contribution in [3.63, 3.8) is 0 Å². The fourth-order valence-electron chi connectivity index (χ4n) is 1.27. The Balaban J connectivity index is 2.13. The van der Waals surface area contributed by atoms with Crippen molar-refractivity contribution >= 4 is 23.1 Å². The van der Waals surface area contributed by atoms with E-state index in [1.807, 2.05) is 0 Å². The van der Waals surface area contributed by atoms with E-state index in [0.717, 1.165) is 16.2 Å². The molecule has 7 nitrogen and oxygen atoms in total. The molecule has 0 aliphatic rings. The summed E-state index contributed by atoms with van der Waals surface area (Å²) in [5, 5.41) is 22.9. The van der Waals surface area contributed by atoms with Gasteiger partial charge in [0.05, 0.1) is 23.9 Å². The first-order chi connectivity index (χ1) is 8.06. The van der Waals surface area contributed by atoms with E-state index >= 15 is 0 Å². The van der Waals surface area contributed by atoms with Crippen molar-refractivity contribution in [1.82, 2.24) is 9.78 Å².